The number of amides is 1. The molecule has 0 aliphatic heterocycles. The lowest BCUT2D eigenvalue weighted by molar-refractivity contribution is 0.0736. The Hall–Kier alpha value is -1.03. The van der Waals surface area contributed by atoms with E-state index in [1.807, 2.05) is 4.90 Å². The van der Waals surface area contributed by atoms with Crippen LogP contribution in [0.25, 0.3) is 0 Å². The van der Waals surface area contributed by atoms with Gasteiger partial charge in [0.2, 0.25) is 0 Å². The quantitative estimate of drug-likeness (QED) is 0.902. The normalized spacial score (nSPS) is 18.4. The highest BCUT2D eigenvalue weighted by Crippen LogP contribution is 2.35. The second kappa shape index (κ2) is 5.16. The van der Waals surface area contributed by atoms with E-state index in [1.54, 1.807) is 18.2 Å². The zero-order valence-corrected chi connectivity index (χ0v) is 12.4. The van der Waals surface area contributed by atoms with Gasteiger partial charge in [-0.2, -0.15) is 0 Å². The van der Waals surface area contributed by atoms with Crippen molar-refractivity contribution in [3.8, 4) is 5.75 Å². The number of aromatic hydroxyl groups is 1. The second-order valence-corrected chi connectivity index (χ2v) is 6.67. The molecule has 2 fully saturated rings. The number of carbonyl (C=O) groups is 1. The first-order chi connectivity index (χ1) is 9.13. The molecular formula is C15H18BrNO2. The van der Waals surface area contributed by atoms with Crippen LogP contribution >= 0.6 is 15.9 Å². The van der Waals surface area contributed by atoms with Gasteiger partial charge in [0.15, 0.2) is 0 Å². The third-order valence-corrected chi connectivity index (χ3v) is 4.32. The molecule has 19 heavy (non-hydrogen) atoms. The van der Waals surface area contributed by atoms with Crippen molar-refractivity contribution in [1.82, 2.24) is 4.90 Å². The number of hydrogen-bond donors (Lipinski definition) is 1. The van der Waals surface area contributed by atoms with E-state index >= 15 is 0 Å². The number of benzene rings is 1. The SMILES string of the molecule is O=C(c1ccc(Br)cc1O)N(CC1CC1)CC1CC1. The molecular weight excluding hydrogens is 306 g/mol. The average Bonchev–Trinajstić information content (AvgIpc) is 3.22. The van der Waals surface area contributed by atoms with Crippen LogP contribution in [0, 0.1) is 11.8 Å². The van der Waals surface area contributed by atoms with Gasteiger partial charge < -0.3 is 10.0 Å². The predicted octanol–water partition coefficient (Wildman–Crippen LogP) is 3.42. The van der Waals surface area contributed by atoms with Crippen molar-refractivity contribution in [2.75, 3.05) is 13.1 Å². The highest BCUT2D eigenvalue weighted by molar-refractivity contribution is 9.10. The molecule has 0 bridgehead atoms. The summed E-state index contributed by atoms with van der Waals surface area (Å²) in [6.07, 6.45) is 4.95. The second-order valence-electron chi connectivity index (χ2n) is 5.76. The Morgan fingerprint density at radius 1 is 1.21 bits per heavy atom. The van der Waals surface area contributed by atoms with E-state index in [-0.39, 0.29) is 11.7 Å². The van der Waals surface area contributed by atoms with Crippen molar-refractivity contribution in [1.29, 1.82) is 0 Å². The summed E-state index contributed by atoms with van der Waals surface area (Å²) in [5.41, 5.74) is 0.421. The molecule has 0 aromatic heterocycles. The highest BCUT2D eigenvalue weighted by Gasteiger charge is 2.32. The Morgan fingerprint density at radius 3 is 2.26 bits per heavy atom. The van der Waals surface area contributed by atoms with E-state index in [9.17, 15) is 9.90 Å². The molecule has 0 unspecified atom stereocenters. The average molecular weight is 324 g/mol. The zero-order chi connectivity index (χ0) is 13.4. The molecule has 4 heteroatoms. The number of phenolic OH excluding ortho intramolecular Hbond substituents is 1. The first-order valence-corrected chi connectivity index (χ1v) is 7.70. The number of carbonyl (C=O) groups excluding carboxylic acids is 1. The predicted molar refractivity (Wildman–Crippen MR) is 77.2 cm³/mol. The molecule has 1 amide bonds. The molecule has 1 N–H and O–H groups in total. The van der Waals surface area contributed by atoms with Gasteiger partial charge in [0.05, 0.1) is 5.56 Å². The number of rotatable bonds is 5. The monoisotopic (exact) mass is 323 g/mol. The third-order valence-electron chi connectivity index (χ3n) is 3.83. The van der Waals surface area contributed by atoms with Crippen LogP contribution in [0.4, 0.5) is 0 Å². The van der Waals surface area contributed by atoms with Gasteiger partial charge in [-0.25, -0.2) is 0 Å². The topological polar surface area (TPSA) is 40.5 Å². The Bertz CT molecular complexity index is 481. The van der Waals surface area contributed by atoms with E-state index in [0.717, 1.165) is 17.6 Å². The van der Waals surface area contributed by atoms with Crippen LogP contribution in [0.2, 0.25) is 0 Å². The molecule has 2 saturated carbocycles. The van der Waals surface area contributed by atoms with Crippen LogP contribution in [0.3, 0.4) is 0 Å². The largest absolute Gasteiger partial charge is 0.507 e. The molecule has 3 nitrogen and oxygen atoms in total. The first-order valence-electron chi connectivity index (χ1n) is 6.91. The van der Waals surface area contributed by atoms with Crippen molar-refractivity contribution in [2.45, 2.75) is 25.7 Å². The van der Waals surface area contributed by atoms with Crippen LogP contribution < -0.4 is 0 Å². The molecule has 0 spiro atoms. The Labute approximate surface area is 121 Å². The Morgan fingerprint density at radius 2 is 1.79 bits per heavy atom. The van der Waals surface area contributed by atoms with Crippen LogP contribution in [-0.2, 0) is 0 Å². The highest BCUT2D eigenvalue weighted by atomic mass is 79.9. The smallest absolute Gasteiger partial charge is 0.257 e. The molecule has 2 aliphatic carbocycles. The van der Waals surface area contributed by atoms with Crippen molar-refractivity contribution in [2.24, 2.45) is 11.8 Å². The van der Waals surface area contributed by atoms with Gasteiger partial charge in [-0.3, -0.25) is 4.79 Å². The van der Waals surface area contributed by atoms with Crippen molar-refractivity contribution in [3.05, 3.63) is 28.2 Å². The molecule has 1 aromatic rings. The van der Waals surface area contributed by atoms with Crippen LogP contribution in [0.15, 0.2) is 22.7 Å². The van der Waals surface area contributed by atoms with Gasteiger partial charge in [-0.15, -0.1) is 0 Å². The maximum absolute atomic E-state index is 12.6. The van der Waals surface area contributed by atoms with Crippen LogP contribution in [-0.4, -0.2) is 29.0 Å². The lowest BCUT2D eigenvalue weighted by Gasteiger charge is -2.23. The maximum atomic E-state index is 12.6. The number of halogens is 1. The summed E-state index contributed by atoms with van der Waals surface area (Å²) in [5, 5.41) is 9.93. The van der Waals surface area contributed by atoms with Crippen molar-refractivity contribution >= 4 is 21.8 Å². The summed E-state index contributed by atoms with van der Waals surface area (Å²) in [6, 6.07) is 5.09. The Kier molecular flexibility index (Phi) is 3.52. The lowest BCUT2D eigenvalue weighted by Crippen LogP contribution is -2.34. The molecule has 1 aromatic carbocycles. The van der Waals surface area contributed by atoms with Crippen molar-refractivity contribution < 1.29 is 9.90 Å². The van der Waals surface area contributed by atoms with Gasteiger partial charge in [0, 0.05) is 17.6 Å². The fraction of sp³-hybridized carbons (Fsp3) is 0.533. The molecule has 2 aliphatic rings. The van der Waals surface area contributed by atoms with Gasteiger partial charge in [-0.1, -0.05) is 15.9 Å². The first kappa shape index (κ1) is 13.0. The van der Waals surface area contributed by atoms with Gasteiger partial charge >= 0.3 is 0 Å². The maximum Gasteiger partial charge on any atom is 0.257 e. The summed E-state index contributed by atoms with van der Waals surface area (Å²) in [4.78, 5) is 14.5. The Balaban J connectivity index is 1.76. The summed E-state index contributed by atoms with van der Waals surface area (Å²) in [6.45, 7) is 1.70. The van der Waals surface area contributed by atoms with E-state index in [2.05, 4.69) is 15.9 Å². The van der Waals surface area contributed by atoms with Crippen LogP contribution in [0.1, 0.15) is 36.0 Å². The third kappa shape index (κ3) is 3.30. The summed E-state index contributed by atoms with van der Waals surface area (Å²) in [5.74, 6) is 1.40. The minimum atomic E-state index is -0.0243. The fourth-order valence-electron chi connectivity index (χ4n) is 2.32. The number of hydrogen-bond acceptors (Lipinski definition) is 2. The molecule has 3 rings (SSSR count). The van der Waals surface area contributed by atoms with E-state index < -0.39 is 0 Å². The summed E-state index contributed by atoms with van der Waals surface area (Å²) >= 11 is 3.30. The molecule has 0 heterocycles. The van der Waals surface area contributed by atoms with Gasteiger partial charge in [-0.05, 0) is 55.7 Å². The molecule has 102 valence electrons. The summed E-state index contributed by atoms with van der Waals surface area (Å²) < 4.78 is 0.789. The van der Waals surface area contributed by atoms with Gasteiger partial charge in [0.1, 0.15) is 5.75 Å². The van der Waals surface area contributed by atoms with Crippen LogP contribution in [0.5, 0.6) is 5.75 Å². The molecule has 0 saturated heterocycles. The number of phenols is 1. The van der Waals surface area contributed by atoms with Crippen molar-refractivity contribution in [3.63, 3.8) is 0 Å². The van der Waals surface area contributed by atoms with E-state index in [4.69, 9.17) is 0 Å². The summed E-state index contributed by atoms with van der Waals surface area (Å²) in [7, 11) is 0. The van der Waals surface area contributed by atoms with E-state index in [1.165, 1.54) is 25.7 Å². The van der Waals surface area contributed by atoms with E-state index in [0.29, 0.717) is 17.4 Å². The fourth-order valence-corrected chi connectivity index (χ4v) is 2.67. The molecule has 0 atom stereocenters. The lowest BCUT2D eigenvalue weighted by atomic mass is 10.1. The zero-order valence-electron chi connectivity index (χ0n) is 10.8. The van der Waals surface area contributed by atoms with Gasteiger partial charge in [0.25, 0.3) is 5.91 Å². The minimum Gasteiger partial charge on any atom is -0.507 e. The number of nitrogens with zero attached hydrogens (tertiary/aromatic N) is 1. The molecule has 0 radical (unpaired) electrons. The standard InChI is InChI=1S/C15H18BrNO2/c16-12-5-6-13(14(18)7-12)15(19)17(8-10-1-2-10)9-11-3-4-11/h5-7,10-11,18H,1-4,8-9H2. The minimum absolute atomic E-state index is 0.0243.